The van der Waals surface area contributed by atoms with Gasteiger partial charge in [-0.05, 0) is 42.4 Å². The van der Waals surface area contributed by atoms with Crippen LogP contribution in [0.15, 0.2) is 12.1 Å². The van der Waals surface area contributed by atoms with Gasteiger partial charge in [-0.2, -0.15) is 0 Å². The second-order valence-corrected chi connectivity index (χ2v) is 4.66. The van der Waals surface area contributed by atoms with Gasteiger partial charge in [0.15, 0.2) is 0 Å². The van der Waals surface area contributed by atoms with Crippen molar-refractivity contribution in [2.24, 2.45) is 5.73 Å². The summed E-state index contributed by atoms with van der Waals surface area (Å²) in [7, 11) is 0. The minimum atomic E-state index is 0. The number of aryl methyl sites for hydroxylation is 2. The molecular formula is C13H20Cl2N2. The SMILES string of the molecule is Cl.Cl.NCc1cc2c3c(c1)CCCN3CCC2. The number of rotatable bonds is 1. The number of benzene rings is 1. The molecule has 0 atom stereocenters. The summed E-state index contributed by atoms with van der Waals surface area (Å²) in [5.74, 6) is 0. The van der Waals surface area contributed by atoms with E-state index in [0.717, 1.165) is 0 Å². The van der Waals surface area contributed by atoms with Gasteiger partial charge in [0.05, 0.1) is 0 Å². The summed E-state index contributed by atoms with van der Waals surface area (Å²) < 4.78 is 0. The lowest BCUT2D eigenvalue weighted by molar-refractivity contribution is 0.633. The Morgan fingerprint density at radius 3 is 2.00 bits per heavy atom. The van der Waals surface area contributed by atoms with Gasteiger partial charge in [-0.3, -0.25) is 0 Å². The van der Waals surface area contributed by atoms with E-state index in [0.29, 0.717) is 6.54 Å². The van der Waals surface area contributed by atoms with Crippen molar-refractivity contribution >= 4 is 30.5 Å². The Bertz CT molecular complexity index is 362. The van der Waals surface area contributed by atoms with Gasteiger partial charge in [0.1, 0.15) is 0 Å². The molecule has 0 spiro atoms. The molecule has 0 fully saturated rings. The fourth-order valence-corrected chi connectivity index (χ4v) is 2.99. The Morgan fingerprint density at radius 1 is 1.00 bits per heavy atom. The molecule has 0 bridgehead atoms. The van der Waals surface area contributed by atoms with Gasteiger partial charge >= 0.3 is 0 Å². The lowest BCUT2D eigenvalue weighted by atomic mass is 9.90. The number of hydrogen-bond donors (Lipinski definition) is 1. The van der Waals surface area contributed by atoms with Gasteiger partial charge in [-0.15, -0.1) is 24.8 Å². The Labute approximate surface area is 115 Å². The zero-order chi connectivity index (χ0) is 10.3. The molecule has 2 heterocycles. The first-order valence-corrected chi connectivity index (χ1v) is 5.98. The Hall–Kier alpha value is -0.440. The number of anilines is 1. The highest BCUT2D eigenvalue weighted by molar-refractivity contribution is 5.85. The zero-order valence-electron chi connectivity index (χ0n) is 9.95. The fourth-order valence-electron chi connectivity index (χ4n) is 2.99. The lowest BCUT2D eigenvalue weighted by Crippen LogP contribution is -2.34. The van der Waals surface area contributed by atoms with Crippen LogP contribution in [-0.2, 0) is 19.4 Å². The first-order valence-electron chi connectivity index (χ1n) is 5.98. The van der Waals surface area contributed by atoms with Crippen molar-refractivity contribution in [1.29, 1.82) is 0 Å². The van der Waals surface area contributed by atoms with Crippen molar-refractivity contribution in [3.8, 4) is 0 Å². The molecular weight excluding hydrogens is 255 g/mol. The predicted octanol–water partition coefficient (Wildman–Crippen LogP) is 2.69. The second-order valence-electron chi connectivity index (χ2n) is 4.66. The van der Waals surface area contributed by atoms with E-state index in [1.165, 1.54) is 44.3 Å². The minimum Gasteiger partial charge on any atom is -0.371 e. The van der Waals surface area contributed by atoms with Gasteiger partial charge in [-0.25, -0.2) is 0 Å². The zero-order valence-corrected chi connectivity index (χ0v) is 11.6. The number of hydrogen-bond acceptors (Lipinski definition) is 2. The minimum absolute atomic E-state index is 0. The first-order chi connectivity index (χ1) is 7.38. The molecule has 2 aliphatic heterocycles. The summed E-state index contributed by atoms with van der Waals surface area (Å²) >= 11 is 0. The molecule has 0 unspecified atom stereocenters. The van der Waals surface area contributed by atoms with Crippen LogP contribution in [0.5, 0.6) is 0 Å². The third-order valence-corrected chi connectivity index (χ3v) is 3.63. The number of nitrogens with zero attached hydrogens (tertiary/aromatic N) is 1. The summed E-state index contributed by atoms with van der Waals surface area (Å²) in [4.78, 5) is 2.57. The van der Waals surface area contributed by atoms with Crippen LogP contribution in [0.2, 0.25) is 0 Å². The maximum atomic E-state index is 5.75. The van der Waals surface area contributed by atoms with Crippen molar-refractivity contribution in [3.63, 3.8) is 0 Å². The highest BCUT2D eigenvalue weighted by Crippen LogP contribution is 2.35. The third kappa shape index (κ3) is 2.54. The molecule has 2 N–H and O–H groups in total. The van der Waals surface area contributed by atoms with E-state index in [9.17, 15) is 0 Å². The van der Waals surface area contributed by atoms with E-state index < -0.39 is 0 Å². The van der Waals surface area contributed by atoms with Gasteiger partial charge in [0, 0.05) is 25.3 Å². The summed E-state index contributed by atoms with van der Waals surface area (Å²) in [6.45, 7) is 3.18. The van der Waals surface area contributed by atoms with Crippen molar-refractivity contribution < 1.29 is 0 Å². The van der Waals surface area contributed by atoms with Crippen molar-refractivity contribution in [3.05, 3.63) is 28.8 Å². The molecule has 1 aromatic carbocycles. The second kappa shape index (κ2) is 5.94. The fraction of sp³-hybridized carbons (Fsp3) is 0.538. The quantitative estimate of drug-likeness (QED) is 0.853. The molecule has 2 aliphatic rings. The molecule has 3 rings (SSSR count). The van der Waals surface area contributed by atoms with Crippen LogP contribution >= 0.6 is 24.8 Å². The van der Waals surface area contributed by atoms with Crippen LogP contribution in [0.25, 0.3) is 0 Å². The van der Waals surface area contributed by atoms with E-state index >= 15 is 0 Å². The van der Waals surface area contributed by atoms with Crippen LogP contribution in [0.4, 0.5) is 5.69 Å². The average molecular weight is 275 g/mol. The largest absolute Gasteiger partial charge is 0.371 e. The Morgan fingerprint density at radius 2 is 1.53 bits per heavy atom. The van der Waals surface area contributed by atoms with E-state index in [1.54, 1.807) is 16.8 Å². The van der Waals surface area contributed by atoms with Crippen LogP contribution < -0.4 is 10.6 Å². The molecule has 0 aliphatic carbocycles. The molecule has 0 radical (unpaired) electrons. The highest BCUT2D eigenvalue weighted by Gasteiger charge is 2.23. The first kappa shape index (κ1) is 14.6. The number of nitrogens with two attached hydrogens (primary N) is 1. The van der Waals surface area contributed by atoms with Crippen molar-refractivity contribution in [1.82, 2.24) is 0 Å². The predicted molar refractivity (Wildman–Crippen MR) is 77.7 cm³/mol. The summed E-state index contributed by atoms with van der Waals surface area (Å²) in [6, 6.07) is 4.63. The standard InChI is InChI=1S/C13H18N2.2ClH/c14-9-10-7-11-3-1-5-15-6-2-4-12(8-10)13(11)15;;/h7-8H,1-6,9,14H2;2*1H. The average Bonchev–Trinajstić information content (AvgIpc) is 2.29. The van der Waals surface area contributed by atoms with E-state index in [-0.39, 0.29) is 24.8 Å². The molecule has 0 saturated heterocycles. The molecule has 0 amide bonds. The Kier molecular flexibility index (Phi) is 5.11. The van der Waals surface area contributed by atoms with Crippen LogP contribution in [-0.4, -0.2) is 13.1 Å². The molecule has 0 aromatic heterocycles. The number of halogens is 2. The molecule has 0 saturated carbocycles. The Balaban J connectivity index is 0.000000722. The smallest absolute Gasteiger partial charge is 0.0431 e. The maximum Gasteiger partial charge on any atom is 0.0431 e. The van der Waals surface area contributed by atoms with Gasteiger partial charge in [-0.1, -0.05) is 12.1 Å². The maximum absolute atomic E-state index is 5.75. The van der Waals surface area contributed by atoms with E-state index in [1.807, 2.05) is 0 Å². The molecule has 17 heavy (non-hydrogen) atoms. The van der Waals surface area contributed by atoms with Gasteiger partial charge < -0.3 is 10.6 Å². The molecule has 4 heteroatoms. The van der Waals surface area contributed by atoms with Crippen LogP contribution in [0, 0.1) is 0 Å². The van der Waals surface area contributed by atoms with Crippen molar-refractivity contribution in [2.75, 3.05) is 18.0 Å². The highest BCUT2D eigenvalue weighted by atomic mass is 35.5. The van der Waals surface area contributed by atoms with Crippen LogP contribution in [0.1, 0.15) is 29.5 Å². The summed E-state index contributed by atoms with van der Waals surface area (Å²) in [5.41, 5.74) is 11.7. The normalized spacial score (nSPS) is 16.6. The molecule has 2 nitrogen and oxygen atoms in total. The summed E-state index contributed by atoms with van der Waals surface area (Å²) in [5, 5.41) is 0. The lowest BCUT2D eigenvalue weighted by Gasteiger charge is -2.37. The summed E-state index contributed by atoms with van der Waals surface area (Å²) in [6.07, 6.45) is 5.10. The van der Waals surface area contributed by atoms with E-state index in [2.05, 4.69) is 17.0 Å². The van der Waals surface area contributed by atoms with Crippen LogP contribution in [0.3, 0.4) is 0 Å². The van der Waals surface area contributed by atoms with Crippen molar-refractivity contribution in [2.45, 2.75) is 32.2 Å². The molecule has 1 aromatic rings. The van der Waals surface area contributed by atoms with E-state index in [4.69, 9.17) is 5.73 Å². The van der Waals surface area contributed by atoms with Gasteiger partial charge in [0.2, 0.25) is 0 Å². The monoisotopic (exact) mass is 274 g/mol. The molecule has 96 valence electrons. The van der Waals surface area contributed by atoms with Gasteiger partial charge in [0.25, 0.3) is 0 Å². The third-order valence-electron chi connectivity index (χ3n) is 3.63. The topological polar surface area (TPSA) is 29.3 Å².